The van der Waals surface area contributed by atoms with Crippen LogP contribution in [-0.2, 0) is 10.0 Å². The Labute approximate surface area is 70.0 Å². The fourth-order valence-electron chi connectivity index (χ4n) is 0.634. The van der Waals surface area contributed by atoms with Gasteiger partial charge in [0.25, 0.3) is 0 Å². The molecule has 1 heterocycles. The first-order valence-electron chi connectivity index (χ1n) is 2.99. The van der Waals surface area contributed by atoms with Crippen molar-refractivity contribution < 1.29 is 8.42 Å². The summed E-state index contributed by atoms with van der Waals surface area (Å²) in [7, 11) is -3.65. The summed E-state index contributed by atoms with van der Waals surface area (Å²) in [6.07, 6.45) is 1.14. The Hall–Kier alpha value is -1.27. The number of pyridine rings is 1. The molecule has 0 saturated carbocycles. The Morgan fingerprint density at radius 2 is 2.17 bits per heavy atom. The summed E-state index contributed by atoms with van der Waals surface area (Å²) in [6, 6.07) is 2.75. The van der Waals surface area contributed by atoms with E-state index in [-0.39, 0.29) is 4.90 Å². The van der Waals surface area contributed by atoms with E-state index in [1.165, 1.54) is 12.1 Å². The van der Waals surface area contributed by atoms with Gasteiger partial charge in [-0.1, -0.05) is 0 Å². The van der Waals surface area contributed by atoms with Crippen molar-refractivity contribution in [3.63, 3.8) is 0 Å². The molecule has 1 aromatic rings. The minimum atomic E-state index is -3.65. The Kier molecular flexibility index (Phi) is 2.20. The molecule has 1 aromatic heterocycles. The zero-order chi connectivity index (χ0) is 9.19. The second-order valence-electron chi connectivity index (χ2n) is 2.06. The molecule has 2 N–H and O–H groups in total. The largest absolute Gasteiger partial charge is 0.245 e. The maximum Gasteiger partial charge on any atom is 0.239 e. The van der Waals surface area contributed by atoms with E-state index in [1.807, 2.05) is 0 Å². The molecule has 0 aliphatic heterocycles. The molecule has 1 rings (SSSR count). The quantitative estimate of drug-likeness (QED) is 0.661. The van der Waals surface area contributed by atoms with Crippen molar-refractivity contribution >= 4 is 22.6 Å². The molecule has 0 fully saturated rings. The molecular weight excluding hydrogens is 178 g/mol. The molecule has 0 unspecified atom stereocenters. The summed E-state index contributed by atoms with van der Waals surface area (Å²) in [5.41, 5.74) is 0. The molecule has 0 aliphatic carbocycles. The number of nitrogens with two attached hydrogens (primary N) is 1. The third-order valence-electron chi connectivity index (χ3n) is 1.21. The second kappa shape index (κ2) is 3.00. The maximum absolute atomic E-state index is 10.7. The van der Waals surface area contributed by atoms with Crippen molar-refractivity contribution in [1.29, 1.82) is 0 Å². The van der Waals surface area contributed by atoms with Gasteiger partial charge in [0.05, 0.1) is 0 Å². The minimum Gasteiger partial charge on any atom is -0.245 e. The highest BCUT2D eigenvalue weighted by Crippen LogP contribution is 2.09. The highest BCUT2D eigenvalue weighted by atomic mass is 32.2. The smallest absolute Gasteiger partial charge is 0.239 e. The topological polar surface area (TPSA) is 85.4 Å². The summed E-state index contributed by atoms with van der Waals surface area (Å²) in [5, 5.41) is 4.83. The molecule has 64 valence electrons. The predicted molar refractivity (Wildman–Crippen MR) is 44.8 cm³/mol. The van der Waals surface area contributed by atoms with E-state index in [0.717, 1.165) is 6.20 Å². The molecule has 12 heavy (non-hydrogen) atoms. The van der Waals surface area contributed by atoms with Gasteiger partial charge in [0.15, 0.2) is 5.82 Å². The lowest BCUT2D eigenvalue weighted by Gasteiger charge is -1.96. The molecule has 0 atom stereocenters. The van der Waals surface area contributed by atoms with Gasteiger partial charge in [-0.05, 0) is 18.9 Å². The molecule has 0 aromatic carbocycles. The van der Waals surface area contributed by atoms with E-state index < -0.39 is 10.0 Å². The summed E-state index contributed by atoms with van der Waals surface area (Å²) in [5.74, 6) is 0.363. The average molecular weight is 185 g/mol. The van der Waals surface area contributed by atoms with Gasteiger partial charge in [0.1, 0.15) is 4.90 Å². The fraction of sp³-hybridized carbons (Fsp3) is 0. The predicted octanol–water partition coefficient (Wildman–Crippen LogP) is 0.0611. The van der Waals surface area contributed by atoms with Crippen LogP contribution in [0.3, 0.4) is 0 Å². The van der Waals surface area contributed by atoms with Crippen LogP contribution in [-0.4, -0.2) is 20.1 Å². The van der Waals surface area contributed by atoms with Gasteiger partial charge in [-0.3, -0.25) is 0 Å². The van der Waals surface area contributed by atoms with Gasteiger partial charge in [0, 0.05) is 6.20 Å². The van der Waals surface area contributed by atoms with Crippen LogP contribution >= 0.6 is 0 Å². The first-order valence-corrected chi connectivity index (χ1v) is 4.54. The number of primary sulfonamides is 1. The van der Waals surface area contributed by atoms with Crippen LogP contribution in [0.2, 0.25) is 0 Å². The lowest BCUT2D eigenvalue weighted by molar-refractivity contribution is 0.597. The van der Waals surface area contributed by atoms with Gasteiger partial charge in [-0.15, -0.1) is 0 Å². The highest BCUT2D eigenvalue weighted by Gasteiger charge is 2.06. The standard InChI is InChI=1S/C6H7N3O2S/c1-8-6-3-2-5(4-9-6)12(7,10)11/h2-4H,1H2,(H2,7,10,11). The van der Waals surface area contributed by atoms with Crippen LogP contribution in [0.25, 0.3) is 0 Å². The van der Waals surface area contributed by atoms with Crippen LogP contribution in [0.15, 0.2) is 28.2 Å². The summed E-state index contributed by atoms with van der Waals surface area (Å²) >= 11 is 0. The van der Waals surface area contributed by atoms with Crippen molar-refractivity contribution in [2.45, 2.75) is 4.90 Å². The van der Waals surface area contributed by atoms with Gasteiger partial charge in [-0.2, -0.15) is 0 Å². The number of sulfonamides is 1. The van der Waals surface area contributed by atoms with Gasteiger partial charge in [0.2, 0.25) is 10.0 Å². The first-order chi connectivity index (χ1) is 5.54. The Bertz CT molecular complexity index is 382. The number of aliphatic imine (C=N–C) groups is 1. The number of rotatable bonds is 2. The molecule has 0 amide bonds. The van der Waals surface area contributed by atoms with Crippen molar-refractivity contribution in [1.82, 2.24) is 4.98 Å². The molecule has 0 radical (unpaired) electrons. The normalized spacial score (nSPS) is 11.1. The summed E-state index contributed by atoms with van der Waals surface area (Å²) in [4.78, 5) is 7.14. The van der Waals surface area contributed by atoms with E-state index in [0.29, 0.717) is 5.82 Å². The molecule has 0 aliphatic rings. The van der Waals surface area contributed by atoms with Gasteiger partial charge in [-0.25, -0.2) is 23.5 Å². The molecule has 0 spiro atoms. The maximum atomic E-state index is 10.7. The number of aromatic nitrogens is 1. The average Bonchev–Trinajstić information content (AvgIpc) is 2.03. The summed E-state index contributed by atoms with van der Waals surface area (Å²) < 4.78 is 21.4. The van der Waals surface area contributed by atoms with Crippen LogP contribution in [0, 0.1) is 0 Å². The number of hydrogen-bond acceptors (Lipinski definition) is 4. The monoisotopic (exact) mass is 185 g/mol. The van der Waals surface area contributed by atoms with Crippen molar-refractivity contribution in [3.8, 4) is 0 Å². The third-order valence-corrected chi connectivity index (χ3v) is 2.11. The Morgan fingerprint density at radius 1 is 1.50 bits per heavy atom. The van der Waals surface area contributed by atoms with Crippen molar-refractivity contribution in [2.75, 3.05) is 0 Å². The zero-order valence-corrected chi connectivity index (χ0v) is 6.95. The third kappa shape index (κ3) is 1.86. The molecule has 0 saturated heterocycles. The van der Waals surface area contributed by atoms with Crippen LogP contribution in [0.1, 0.15) is 0 Å². The molecular formula is C6H7N3O2S. The second-order valence-corrected chi connectivity index (χ2v) is 3.62. The van der Waals surface area contributed by atoms with Crippen molar-refractivity contribution in [2.24, 2.45) is 10.1 Å². The molecule has 6 heteroatoms. The number of nitrogens with zero attached hydrogens (tertiary/aromatic N) is 2. The van der Waals surface area contributed by atoms with E-state index >= 15 is 0 Å². The van der Waals surface area contributed by atoms with E-state index in [1.54, 1.807) is 0 Å². The lowest BCUT2D eigenvalue weighted by atomic mass is 10.5. The zero-order valence-electron chi connectivity index (χ0n) is 6.14. The van der Waals surface area contributed by atoms with Crippen molar-refractivity contribution in [3.05, 3.63) is 18.3 Å². The van der Waals surface area contributed by atoms with Crippen LogP contribution in [0.5, 0.6) is 0 Å². The Balaban J connectivity index is 3.17. The SMILES string of the molecule is C=Nc1ccc(S(N)(=O)=O)cn1. The molecule has 5 nitrogen and oxygen atoms in total. The summed E-state index contributed by atoms with van der Waals surface area (Å²) in [6.45, 7) is 3.23. The highest BCUT2D eigenvalue weighted by molar-refractivity contribution is 7.89. The van der Waals surface area contributed by atoms with E-state index in [2.05, 4.69) is 16.7 Å². The van der Waals surface area contributed by atoms with Crippen LogP contribution in [0.4, 0.5) is 5.82 Å². The first kappa shape index (κ1) is 8.82. The van der Waals surface area contributed by atoms with Gasteiger partial charge >= 0.3 is 0 Å². The number of hydrogen-bond donors (Lipinski definition) is 1. The lowest BCUT2D eigenvalue weighted by Crippen LogP contribution is -2.11. The molecule has 0 bridgehead atoms. The fourth-order valence-corrected chi connectivity index (χ4v) is 1.09. The van der Waals surface area contributed by atoms with E-state index in [9.17, 15) is 8.42 Å². The van der Waals surface area contributed by atoms with E-state index in [4.69, 9.17) is 5.14 Å². The minimum absolute atomic E-state index is 0.0325. The Morgan fingerprint density at radius 3 is 2.50 bits per heavy atom. The van der Waals surface area contributed by atoms with Gasteiger partial charge < -0.3 is 0 Å². The van der Waals surface area contributed by atoms with Crippen LogP contribution < -0.4 is 5.14 Å².